The van der Waals surface area contributed by atoms with Crippen molar-refractivity contribution in [3.63, 3.8) is 0 Å². The van der Waals surface area contributed by atoms with E-state index in [4.69, 9.17) is 0 Å². The number of hydrogen-bond donors (Lipinski definition) is 1. The normalized spacial score (nSPS) is 26.0. The van der Waals surface area contributed by atoms with Crippen LogP contribution in [-0.4, -0.2) is 41.2 Å². The number of para-hydroxylation sites is 1. The highest BCUT2D eigenvalue weighted by Gasteiger charge is 2.59. The lowest BCUT2D eigenvalue weighted by molar-refractivity contribution is -0.123. The van der Waals surface area contributed by atoms with Crippen molar-refractivity contribution in [2.75, 3.05) is 17.2 Å². The maximum Gasteiger partial charge on any atom is 0.319 e. The molecule has 1 saturated carbocycles. The van der Waals surface area contributed by atoms with Gasteiger partial charge in [0.05, 0.1) is 5.69 Å². The first kappa shape index (κ1) is 17.7. The molecule has 2 fully saturated rings. The molecule has 1 spiro atoms. The number of carbonyl (C=O) groups is 2. The third-order valence-corrected chi connectivity index (χ3v) is 7.16. The lowest BCUT2D eigenvalue weighted by Gasteiger charge is -2.35. The Bertz CT molecular complexity index is 717. The minimum Gasteiger partial charge on any atom is -0.335 e. The zero-order valence-corrected chi connectivity index (χ0v) is 16.3. The molecular formula is C20H27N3O2S. The van der Waals surface area contributed by atoms with Gasteiger partial charge in [-0.15, -0.1) is 11.8 Å². The van der Waals surface area contributed by atoms with Crippen molar-refractivity contribution in [2.24, 2.45) is 0 Å². The summed E-state index contributed by atoms with van der Waals surface area (Å²) < 4.78 is 0. The molecule has 2 aliphatic heterocycles. The number of fused-ring (bicyclic) bond motifs is 2. The maximum atomic E-state index is 13.5. The fourth-order valence-electron chi connectivity index (χ4n) is 4.54. The minimum atomic E-state index is -0.903. The minimum absolute atomic E-state index is 0.0231. The molecule has 1 unspecified atom stereocenters. The first-order valence-corrected chi connectivity index (χ1v) is 10.7. The van der Waals surface area contributed by atoms with E-state index < -0.39 is 4.87 Å². The van der Waals surface area contributed by atoms with Gasteiger partial charge in [-0.1, -0.05) is 37.5 Å². The van der Waals surface area contributed by atoms with Crippen LogP contribution in [0.3, 0.4) is 0 Å². The Hall–Kier alpha value is -1.69. The number of nitrogens with zero attached hydrogens (tertiary/aromatic N) is 2. The van der Waals surface area contributed by atoms with Crippen LogP contribution in [0.1, 0.15) is 51.5 Å². The average Bonchev–Trinajstić information content (AvgIpc) is 3.18. The first-order chi connectivity index (χ1) is 12.6. The van der Waals surface area contributed by atoms with Gasteiger partial charge in [-0.2, -0.15) is 0 Å². The molecule has 2 heterocycles. The van der Waals surface area contributed by atoms with E-state index in [2.05, 4.69) is 5.32 Å². The predicted octanol–water partition coefficient (Wildman–Crippen LogP) is 3.69. The van der Waals surface area contributed by atoms with Gasteiger partial charge in [-0.25, -0.2) is 4.79 Å². The standard InChI is InChI=1S/C20H27N3O2S/c1-14(2)23-17-11-7-6-10-16(17)20(18(23)24)22(12-13-26-20)19(25)21-15-8-4-3-5-9-15/h6-7,10-11,14-15H,3-5,8-9,12-13H2,1-2H3,(H,21,25). The fourth-order valence-corrected chi connectivity index (χ4v) is 5.98. The molecule has 1 aromatic rings. The van der Waals surface area contributed by atoms with Gasteiger partial charge < -0.3 is 10.2 Å². The highest BCUT2D eigenvalue weighted by Crippen LogP contribution is 2.54. The Morgan fingerprint density at radius 1 is 1.23 bits per heavy atom. The summed E-state index contributed by atoms with van der Waals surface area (Å²) in [6.45, 7) is 4.66. The Labute approximate surface area is 159 Å². The van der Waals surface area contributed by atoms with Crippen molar-refractivity contribution in [2.45, 2.75) is 62.9 Å². The van der Waals surface area contributed by atoms with E-state index in [9.17, 15) is 9.59 Å². The number of urea groups is 1. The van der Waals surface area contributed by atoms with Crippen molar-refractivity contribution in [3.05, 3.63) is 29.8 Å². The second-order valence-corrected chi connectivity index (χ2v) is 9.00. The molecule has 26 heavy (non-hydrogen) atoms. The number of amides is 3. The molecule has 1 atom stereocenters. The van der Waals surface area contributed by atoms with Crippen LogP contribution < -0.4 is 10.2 Å². The predicted molar refractivity (Wildman–Crippen MR) is 105 cm³/mol. The summed E-state index contributed by atoms with van der Waals surface area (Å²) in [7, 11) is 0. The van der Waals surface area contributed by atoms with Gasteiger partial charge in [-0.3, -0.25) is 9.69 Å². The topological polar surface area (TPSA) is 52.7 Å². The highest BCUT2D eigenvalue weighted by atomic mass is 32.2. The Morgan fingerprint density at radius 2 is 1.96 bits per heavy atom. The van der Waals surface area contributed by atoms with Crippen LogP contribution in [0, 0.1) is 0 Å². The molecule has 4 rings (SSSR count). The number of benzene rings is 1. The molecule has 140 valence electrons. The van der Waals surface area contributed by atoms with Gasteiger partial charge >= 0.3 is 6.03 Å². The average molecular weight is 374 g/mol. The largest absolute Gasteiger partial charge is 0.335 e. The van der Waals surface area contributed by atoms with E-state index in [0.717, 1.165) is 29.8 Å². The molecule has 0 bridgehead atoms. The summed E-state index contributed by atoms with van der Waals surface area (Å²) in [4.78, 5) is 29.4. The molecule has 1 saturated heterocycles. The maximum absolute atomic E-state index is 13.5. The molecule has 5 nitrogen and oxygen atoms in total. The first-order valence-electron chi connectivity index (χ1n) is 9.71. The van der Waals surface area contributed by atoms with Crippen LogP contribution >= 0.6 is 11.8 Å². The molecule has 1 aromatic carbocycles. The summed E-state index contributed by atoms with van der Waals surface area (Å²) in [5, 5.41) is 3.21. The Balaban J connectivity index is 1.67. The molecule has 3 aliphatic rings. The molecular weight excluding hydrogens is 346 g/mol. The number of nitrogens with one attached hydrogen (secondary N) is 1. The lowest BCUT2D eigenvalue weighted by Crippen LogP contribution is -2.55. The molecule has 1 aliphatic carbocycles. The lowest BCUT2D eigenvalue weighted by atomic mass is 9.95. The van der Waals surface area contributed by atoms with E-state index in [1.807, 2.05) is 43.0 Å². The van der Waals surface area contributed by atoms with Gasteiger partial charge in [0.25, 0.3) is 5.91 Å². The Kier molecular flexibility index (Phi) is 4.63. The van der Waals surface area contributed by atoms with Gasteiger partial charge in [0.15, 0.2) is 4.87 Å². The van der Waals surface area contributed by atoms with Crippen molar-refractivity contribution >= 4 is 29.4 Å². The zero-order chi connectivity index (χ0) is 18.3. The number of anilines is 1. The summed E-state index contributed by atoms with van der Waals surface area (Å²) in [5.41, 5.74) is 1.90. The molecule has 3 amide bonds. The number of carbonyl (C=O) groups excluding carboxylic acids is 2. The van der Waals surface area contributed by atoms with E-state index in [1.54, 1.807) is 16.7 Å². The van der Waals surface area contributed by atoms with E-state index >= 15 is 0 Å². The van der Waals surface area contributed by atoms with E-state index in [1.165, 1.54) is 19.3 Å². The van der Waals surface area contributed by atoms with E-state index in [0.29, 0.717) is 6.54 Å². The van der Waals surface area contributed by atoms with Crippen LogP contribution in [0.4, 0.5) is 10.5 Å². The van der Waals surface area contributed by atoms with Crippen molar-refractivity contribution in [3.8, 4) is 0 Å². The van der Waals surface area contributed by atoms with Crippen molar-refractivity contribution in [1.29, 1.82) is 0 Å². The van der Waals surface area contributed by atoms with Crippen LogP contribution in [-0.2, 0) is 9.67 Å². The summed E-state index contributed by atoms with van der Waals surface area (Å²) in [6.07, 6.45) is 5.69. The number of rotatable bonds is 2. The van der Waals surface area contributed by atoms with Crippen LogP contribution in [0.25, 0.3) is 0 Å². The van der Waals surface area contributed by atoms with Crippen molar-refractivity contribution in [1.82, 2.24) is 10.2 Å². The third kappa shape index (κ3) is 2.61. The summed E-state index contributed by atoms with van der Waals surface area (Å²) in [5.74, 6) is 0.805. The molecule has 0 aromatic heterocycles. The fraction of sp³-hybridized carbons (Fsp3) is 0.600. The zero-order valence-electron chi connectivity index (χ0n) is 15.5. The molecule has 6 heteroatoms. The SMILES string of the molecule is CC(C)N1C(=O)C2(SCCN2C(=O)NC2CCCCC2)c2ccccc21. The quantitative estimate of drug-likeness (QED) is 0.860. The van der Waals surface area contributed by atoms with Crippen LogP contribution in [0.5, 0.6) is 0 Å². The van der Waals surface area contributed by atoms with Gasteiger partial charge in [0.2, 0.25) is 0 Å². The van der Waals surface area contributed by atoms with Crippen molar-refractivity contribution < 1.29 is 9.59 Å². The Morgan fingerprint density at radius 3 is 2.69 bits per heavy atom. The molecule has 0 radical (unpaired) electrons. The van der Waals surface area contributed by atoms with Crippen LogP contribution in [0.2, 0.25) is 0 Å². The third-order valence-electron chi connectivity index (χ3n) is 5.74. The monoisotopic (exact) mass is 373 g/mol. The van der Waals surface area contributed by atoms with Crippen LogP contribution in [0.15, 0.2) is 24.3 Å². The smallest absolute Gasteiger partial charge is 0.319 e. The highest BCUT2D eigenvalue weighted by molar-refractivity contribution is 8.01. The molecule has 1 N–H and O–H groups in total. The second kappa shape index (κ2) is 6.80. The number of thioether (sulfide) groups is 1. The number of hydrogen-bond acceptors (Lipinski definition) is 3. The second-order valence-electron chi connectivity index (χ2n) is 7.71. The summed E-state index contributed by atoms with van der Waals surface area (Å²) in [6, 6.07) is 8.16. The summed E-state index contributed by atoms with van der Waals surface area (Å²) >= 11 is 1.60. The van der Waals surface area contributed by atoms with Gasteiger partial charge in [0, 0.05) is 29.9 Å². The van der Waals surface area contributed by atoms with Gasteiger partial charge in [0.1, 0.15) is 0 Å². The van der Waals surface area contributed by atoms with E-state index in [-0.39, 0.29) is 24.0 Å². The van der Waals surface area contributed by atoms with Gasteiger partial charge in [-0.05, 0) is 32.8 Å².